The van der Waals surface area contributed by atoms with Crippen molar-refractivity contribution in [1.82, 2.24) is 0 Å². The average molecular weight is 241 g/mol. The lowest BCUT2D eigenvalue weighted by atomic mass is 9.96. The van der Waals surface area contributed by atoms with Crippen LogP contribution in [0.15, 0.2) is 0 Å². The number of hydrogen-bond donors (Lipinski definition) is 1. The van der Waals surface area contributed by atoms with Crippen LogP contribution >= 0.6 is 0 Å². The Morgan fingerprint density at radius 2 is 1.12 bits per heavy atom. The molecule has 0 aliphatic heterocycles. The van der Waals surface area contributed by atoms with Crippen LogP contribution in [-0.4, -0.2) is 6.04 Å². The van der Waals surface area contributed by atoms with Crippen molar-refractivity contribution in [2.45, 2.75) is 97.4 Å². The van der Waals surface area contributed by atoms with Crippen molar-refractivity contribution in [1.29, 1.82) is 0 Å². The maximum Gasteiger partial charge on any atom is 0.00361 e. The topological polar surface area (TPSA) is 26.0 Å². The Bertz CT molecular complexity index is 142. The van der Waals surface area contributed by atoms with E-state index in [0.29, 0.717) is 12.0 Å². The molecule has 2 atom stereocenters. The van der Waals surface area contributed by atoms with Gasteiger partial charge in [0.15, 0.2) is 0 Å². The molecule has 0 aromatic carbocycles. The third kappa shape index (κ3) is 12.2. The zero-order valence-electron chi connectivity index (χ0n) is 12.5. The minimum absolute atomic E-state index is 0.369. The van der Waals surface area contributed by atoms with Gasteiger partial charge in [-0.25, -0.2) is 0 Å². The smallest absolute Gasteiger partial charge is 0.00361 e. The minimum Gasteiger partial charge on any atom is -0.328 e. The molecule has 1 nitrogen and oxygen atoms in total. The predicted octanol–water partition coefficient (Wildman–Crippen LogP) is 5.28. The molecule has 0 saturated carbocycles. The summed E-state index contributed by atoms with van der Waals surface area (Å²) < 4.78 is 0. The van der Waals surface area contributed by atoms with Crippen molar-refractivity contribution >= 4 is 0 Å². The van der Waals surface area contributed by atoms with Gasteiger partial charge in [-0.3, -0.25) is 0 Å². The van der Waals surface area contributed by atoms with Gasteiger partial charge in [-0.05, 0) is 19.3 Å². The van der Waals surface area contributed by atoms with Crippen LogP contribution in [0.2, 0.25) is 0 Å². The van der Waals surface area contributed by atoms with Gasteiger partial charge in [0.1, 0.15) is 0 Å². The second-order valence-electron chi connectivity index (χ2n) is 5.81. The first-order chi connectivity index (χ1) is 8.18. The first kappa shape index (κ1) is 17.0. The fourth-order valence-corrected chi connectivity index (χ4v) is 2.22. The lowest BCUT2D eigenvalue weighted by Gasteiger charge is -2.14. The zero-order valence-corrected chi connectivity index (χ0v) is 12.5. The zero-order chi connectivity index (χ0) is 12.9. The van der Waals surface area contributed by atoms with Crippen molar-refractivity contribution in [3.05, 3.63) is 0 Å². The normalized spacial score (nSPS) is 14.8. The number of rotatable bonds is 12. The molecule has 0 aromatic heterocycles. The van der Waals surface area contributed by atoms with E-state index in [2.05, 4.69) is 20.8 Å². The molecule has 0 amide bonds. The summed E-state index contributed by atoms with van der Waals surface area (Å²) in [6.45, 7) is 6.68. The number of nitrogens with two attached hydrogens (primary N) is 1. The second-order valence-corrected chi connectivity index (χ2v) is 5.81. The van der Waals surface area contributed by atoms with Gasteiger partial charge in [0, 0.05) is 6.04 Å². The third-order valence-corrected chi connectivity index (χ3v) is 3.91. The summed E-state index contributed by atoms with van der Waals surface area (Å²) >= 11 is 0. The van der Waals surface area contributed by atoms with Crippen LogP contribution in [0.1, 0.15) is 91.4 Å². The molecule has 0 saturated heterocycles. The molecular formula is C16H35N. The highest BCUT2D eigenvalue weighted by Crippen LogP contribution is 2.14. The summed E-state index contributed by atoms with van der Waals surface area (Å²) in [4.78, 5) is 0. The molecule has 1 heteroatoms. The van der Waals surface area contributed by atoms with E-state index in [0.717, 1.165) is 0 Å². The SMILES string of the molecule is CCCCCCCCCCCCC(C)C(C)N. The molecule has 0 spiro atoms. The molecule has 0 bridgehead atoms. The number of unbranched alkanes of at least 4 members (excludes halogenated alkanes) is 9. The van der Waals surface area contributed by atoms with Gasteiger partial charge >= 0.3 is 0 Å². The van der Waals surface area contributed by atoms with Crippen molar-refractivity contribution < 1.29 is 0 Å². The molecule has 104 valence electrons. The van der Waals surface area contributed by atoms with Gasteiger partial charge in [0.2, 0.25) is 0 Å². The number of hydrogen-bond acceptors (Lipinski definition) is 1. The fraction of sp³-hybridized carbons (Fsp3) is 1.00. The average Bonchev–Trinajstić information content (AvgIpc) is 2.31. The molecule has 0 radical (unpaired) electrons. The molecule has 0 aliphatic carbocycles. The Labute approximate surface area is 110 Å². The van der Waals surface area contributed by atoms with Crippen LogP contribution in [0.25, 0.3) is 0 Å². The predicted molar refractivity (Wildman–Crippen MR) is 79.3 cm³/mol. The summed E-state index contributed by atoms with van der Waals surface area (Å²) in [5, 5.41) is 0. The maximum atomic E-state index is 5.86. The van der Waals surface area contributed by atoms with Crippen molar-refractivity contribution in [2.24, 2.45) is 11.7 Å². The highest BCUT2D eigenvalue weighted by Gasteiger charge is 2.05. The van der Waals surface area contributed by atoms with E-state index in [1.54, 1.807) is 0 Å². The molecule has 0 fully saturated rings. The fourth-order valence-electron chi connectivity index (χ4n) is 2.22. The molecule has 17 heavy (non-hydrogen) atoms. The Morgan fingerprint density at radius 1 is 0.706 bits per heavy atom. The molecule has 0 heterocycles. The van der Waals surface area contributed by atoms with Gasteiger partial charge < -0.3 is 5.73 Å². The van der Waals surface area contributed by atoms with E-state index >= 15 is 0 Å². The lowest BCUT2D eigenvalue weighted by molar-refractivity contribution is 0.423. The van der Waals surface area contributed by atoms with E-state index < -0.39 is 0 Å². The van der Waals surface area contributed by atoms with E-state index in [1.165, 1.54) is 70.6 Å². The van der Waals surface area contributed by atoms with E-state index in [1.807, 2.05) is 0 Å². The largest absolute Gasteiger partial charge is 0.328 e. The van der Waals surface area contributed by atoms with Crippen LogP contribution in [-0.2, 0) is 0 Å². The van der Waals surface area contributed by atoms with E-state index in [4.69, 9.17) is 5.73 Å². The van der Waals surface area contributed by atoms with Crippen molar-refractivity contribution in [3.8, 4) is 0 Å². The monoisotopic (exact) mass is 241 g/mol. The Balaban J connectivity index is 3.03. The minimum atomic E-state index is 0.369. The van der Waals surface area contributed by atoms with Gasteiger partial charge in [0.05, 0.1) is 0 Å². The molecular weight excluding hydrogens is 206 g/mol. The van der Waals surface area contributed by atoms with Crippen molar-refractivity contribution in [2.75, 3.05) is 0 Å². The molecule has 0 aromatic rings. The first-order valence-corrected chi connectivity index (χ1v) is 7.94. The van der Waals surface area contributed by atoms with Gasteiger partial charge in [-0.2, -0.15) is 0 Å². The summed E-state index contributed by atoms with van der Waals surface area (Å²) in [6, 6.07) is 0.369. The quantitative estimate of drug-likeness (QED) is 0.462. The third-order valence-electron chi connectivity index (χ3n) is 3.91. The molecule has 2 N–H and O–H groups in total. The van der Waals surface area contributed by atoms with Crippen LogP contribution in [0.3, 0.4) is 0 Å². The first-order valence-electron chi connectivity index (χ1n) is 7.94. The standard InChI is InChI=1S/C16H35N/c1-4-5-6-7-8-9-10-11-12-13-14-15(2)16(3)17/h15-16H,4-14,17H2,1-3H3. The maximum absolute atomic E-state index is 5.86. The Hall–Kier alpha value is -0.0400. The Morgan fingerprint density at radius 3 is 1.53 bits per heavy atom. The van der Waals surface area contributed by atoms with E-state index in [-0.39, 0.29) is 0 Å². The Kier molecular flexibility index (Phi) is 12.4. The van der Waals surface area contributed by atoms with Gasteiger partial charge in [-0.15, -0.1) is 0 Å². The lowest BCUT2D eigenvalue weighted by Crippen LogP contribution is -2.23. The summed E-state index contributed by atoms with van der Waals surface area (Å²) in [6.07, 6.45) is 15.6. The summed E-state index contributed by atoms with van der Waals surface area (Å²) in [5.41, 5.74) is 5.86. The van der Waals surface area contributed by atoms with Crippen LogP contribution in [0, 0.1) is 5.92 Å². The van der Waals surface area contributed by atoms with Crippen LogP contribution < -0.4 is 5.73 Å². The van der Waals surface area contributed by atoms with Gasteiger partial charge in [-0.1, -0.05) is 78.1 Å². The second kappa shape index (κ2) is 12.4. The summed E-state index contributed by atoms with van der Waals surface area (Å²) in [5.74, 6) is 0.698. The highest BCUT2D eigenvalue weighted by molar-refractivity contribution is 4.63. The highest BCUT2D eigenvalue weighted by atomic mass is 14.6. The molecule has 2 unspecified atom stereocenters. The van der Waals surface area contributed by atoms with Crippen LogP contribution in [0.4, 0.5) is 0 Å². The van der Waals surface area contributed by atoms with E-state index in [9.17, 15) is 0 Å². The molecule has 0 rings (SSSR count). The van der Waals surface area contributed by atoms with Gasteiger partial charge in [0.25, 0.3) is 0 Å². The molecule has 0 aliphatic rings. The van der Waals surface area contributed by atoms with Crippen LogP contribution in [0.5, 0.6) is 0 Å². The summed E-state index contributed by atoms with van der Waals surface area (Å²) in [7, 11) is 0. The van der Waals surface area contributed by atoms with Crippen molar-refractivity contribution in [3.63, 3.8) is 0 Å².